The van der Waals surface area contributed by atoms with Crippen molar-refractivity contribution in [3.05, 3.63) is 18.2 Å². The molecule has 5 atom stereocenters. The number of nitrogens with zero attached hydrogens (tertiary/aromatic N) is 1. The maximum atomic E-state index is 13.5. The molecule has 6 amide bonds. The van der Waals surface area contributed by atoms with Crippen LogP contribution in [0.5, 0.6) is 0 Å². The number of primary amides is 2. The number of aromatic amines is 1. The highest BCUT2D eigenvalue weighted by Gasteiger charge is 2.32. The summed E-state index contributed by atoms with van der Waals surface area (Å²) in [4.78, 5) is 93.2. The van der Waals surface area contributed by atoms with E-state index in [4.69, 9.17) is 17.2 Å². The summed E-state index contributed by atoms with van der Waals surface area (Å²) in [6.07, 6.45) is 4.63. The Bertz CT molecular complexity index is 1120. The molecule has 0 aliphatic rings. The number of imidazole rings is 1. The van der Waals surface area contributed by atoms with E-state index in [1.54, 1.807) is 12.5 Å². The minimum absolute atomic E-state index is 0.0269. The van der Waals surface area contributed by atoms with E-state index in [-0.39, 0.29) is 56.8 Å². The van der Waals surface area contributed by atoms with Crippen LogP contribution in [0.3, 0.4) is 0 Å². The molecule has 0 saturated carbocycles. The molecular formula is C28H46N9O7. The average molecular weight is 621 g/mol. The van der Waals surface area contributed by atoms with Crippen molar-refractivity contribution in [2.75, 3.05) is 0 Å². The molecule has 0 fully saturated rings. The number of amides is 6. The zero-order valence-electron chi connectivity index (χ0n) is 25.7. The van der Waals surface area contributed by atoms with Crippen molar-refractivity contribution in [1.82, 2.24) is 31.2 Å². The van der Waals surface area contributed by atoms with Crippen LogP contribution in [0.2, 0.25) is 0 Å². The molecule has 0 aromatic carbocycles. The van der Waals surface area contributed by atoms with Gasteiger partial charge in [-0.2, -0.15) is 0 Å². The summed E-state index contributed by atoms with van der Waals surface area (Å²) >= 11 is 0. The van der Waals surface area contributed by atoms with Crippen molar-refractivity contribution in [1.29, 1.82) is 0 Å². The Morgan fingerprint density at radius 2 is 1.25 bits per heavy atom. The van der Waals surface area contributed by atoms with Gasteiger partial charge in [-0.3, -0.25) is 33.6 Å². The van der Waals surface area contributed by atoms with Crippen molar-refractivity contribution in [3.63, 3.8) is 0 Å². The first-order chi connectivity index (χ1) is 20.6. The molecule has 1 rings (SSSR count). The third kappa shape index (κ3) is 14.7. The highest BCUT2D eigenvalue weighted by atomic mass is 16.2. The van der Waals surface area contributed by atoms with E-state index >= 15 is 0 Å². The van der Waals surface area contributed by atoms with E-state index in [1.165, 1.54) is 6.33 Å². The predicted octanol–water partition coefficient (Wildman–Crippen LogP) is -2.05. The SMILES string of the molecule is CC(C)C[C@H](NC(=O)[C@H](CC(C)C)NC(=O)[C@H](Cc1c[nH]cn1)NC(=O)[C@@H](N)CCC(N)=O)C(=O)N[C@H]([C]=O)CCC(N)=O. The zero-order chi connectivity index (χ0) is 33.4. The summed E-state index contributed by atoms with van der Waals surface area (Å²) in [6.45, 7) is 7.36. The molecule has 16 nitrogen and oxygen atoms in total. The van der Waals surface area contributed by atoms with Gasteiger partial charge in [0, 0.05) is 25.5 Å². The first-order valence-corrected chi connectivity index (χ1v) is 14.5. The van der Waals surface area contributed by atoms with E-state index in [2.05, 4.69) is 31.2 Å². The van der Waals surface area contributed by atoms with Crippen molar-refractivity contribution in [2.45, 2.75) is 103 Å². The van der Waals surface area contributed by atoms with Gasteiger partial charge >= 0.3 is 0 Å². The third-order valence-electron chi connectivity index (χ3n) is 6.46. The molecule has 1 aromatic rings. The van der Waals surface area contributed by atoms with Gasteiger partial charge in [0.2, 0.25) is 41.7 Å². The quantitative estimate of drug-likeness (QED) is 0.0750. The molecule has 1 aromatic heterocycles. The molecule has 44 heavy (non-hydrogen) atoms. The molecule has 0 aliphatic carbocycles. The summed E-state index contributed by atoms with van der Waals surface area (Å²) in [6, 6.07) is -5.57. The fourth-order valence-electron chi connectivity index (χ4n) is 4.20. The van der Waals surface area contributed by atoms with Gasteiger partial charge < -0.3 is 43.5 Å². The Hall–Kier alpha value is -4.34. The van der Waals surface area contributed by atoms with Crippen LogP contribution in [0, 0.1) is 11.8 Å². The Balaban J connectivity index is 3.13. The molecule has 0 unspecified atom stereocenters. The maximum Gasteiger partial charge on any atom is 0.243 e. The topological polar surface area (TPSA) is 274 Å². The number of rotatable bonds is 21. The van der Waals surface area contributed by atoms with Gasteiger partial charge in [-0.1, -0.05) is 27.7 Å². The highest BCUT2D eigenvalue weighted by Crippen LogP contribution is 2.11. The van der Waals surface area contributed by atoms with Crippen LogP contribution >= 0.6 is 0 Å². The van der Waals surface area contributed by atoms with Crippen molar-refractivity contribution in [2.24, 2.45) is 29.0 Å². The molecule has 0 spiro atoms. The van der Waals surface area contributed by atoms with Gasteiger partial charge in [0.1, 0.15) is 18.1 Å². The summed E-state index contributed by atoms with van der Waals surface area (Å²) in [5.74, 6) is -4.08. The number of nitrogens with one attached hydrogen (secondary N) is 5. The third-order valence-corrected chi connectivity index (χ3v) is 6.46. The normalized spacial score (nSPS) is 14.5. The van der Waals surface area contributed by atoms with Crippen LogP contribution in [0.25, 0.3) is 0 Å². The van der Waals surface area contributed by atoms with Crippen LogP contribution in [0.1, 0.15) is 71.9 Å². The van der Waals surface area contributed by atoms with Crippen LogP contribution in [-0.2, 0) is 40.0 Å². The van der Waals surface area contributed by atoms with Crippen LogP contribution in [-0.4, -0.2) is 81.9 Å². The lowest BCUT2D eigenvalue weighted by atomic mass is 9.99. The van der Waals surface area contributed by atoms with Gasteiger partial charge in [0.15, 0.2) is 0 Å². The van der Waals surface area contributed by atoms with Crippen LogP contribution in [0.4, 0.5) is 0 Å². The minimum atomic E-state index is -1.18. The molecule has 11 N–H and O–H groups in total. The van der Waals surface area contributed by atoms with Crippen molar-refractivity contribution in [3.8, 4) is 0 Å². The van der Waals surface area contributed by atoms with E-state index in [0.717, 1.165) is 0 Å². The standard InChI is InChI=1S/C28H46N9O7/c1-15(2)9-20(26(42)34-17(13-38)5-7-23(30)39)36-27(43)21(10-16(3)4)37-28(44)22(11-18-12-32-14-33-18)35-25(41)19(29)6-8-24(31)40/h12,14-17,19-22H,5-11,29H2,1-4H3,(H2,30,39)(H2,31,40)(H,32,33)(H,34,42)(H,35,41)(H,36,43)(H,37,44)/t17-,19-,20-,21-,22-/m0/s1. The van der Waals surface area contributed by atoms with E-state index in [9.17, 15) is 33.6 Å². The second kappa shape index (κ2) is 19.0. The van der Waals surface area contributed by atoms with Gasteiger partial charge in [0.25, 0.3) is 0 Å². The largest absolute Gasteiger partial charge is 0.370 e. The average Bonchev–Trinajstić information content (AvgIpc) is 3.45. The van der Waals surface area contributed by atoms with Gasteiger partial charge in [-0.15, -0.1) is 0 Å². The second-order valence-corrected chi connectivity index (χ2v) is 11.5. The number of hydrogen-bond donors (Lipinski definition) is 8. The lowest BCUT2D eigenvalue weighted by Gasteiger charge is -2.27. The van der Waals surface area contributed by atoms with Crippen molar-refractivity contribution >= 4 is 41.7 Å². The van der Waals surface area contributed by atoms with Crippen LogP contribution < -0.4 is 38.5 Å². The molecule has 1 radical (unpaired) electrons. The van der Waals surface area contributed by atoms with E-state index in [1.807, 2.05) is 27.7 Å². The number of aromatic nitrogens is 2. The molecule has 0 saturated heterocycles. The lowest BCUT2D eigenvalue weighted by Crippen LogP contribution is -2.59. The van der Waals surface area contributed by atoms with Gasteiger partial charge in [-0.05, 0) is 37.5 Å². The Morgan fingerprint density at radius 1 is 0.773 bits per heavy atom. The number of H-pyrrole nitrogens is 1. The number of carbonyl (C=O) groups excluding carboxylic acids is 7. The van der Waals surface area contributed by atoms with E-state index < -0.39 is 65.7 Å². The highest BCUT2D eigenvalue weighted by molar-refractivity contribution is 5.95. The minimum Gasteiger partial charge on any atom is -0.370 e. The van der Waals surface area contributed by atoms with Gasteiger partial charge in [-0.25, -0.2) is 4.98 Å². The molecule has 16 heteroatoms. The molecular weight excluding hydrogens is 574 g/mol. The Morgan fingerprint density at radius 3 is 1.70 bits per heavy atom. The van der Waals surface area contributed by atoms with E-state index in [0.29, 0.717) is 5.69 Å². The van der Waals surface area contributed by atoms with Crippen molar-refractivity contribution < 1.29 is 33.6 Å². The van der Waals surface area contributed by atoms with Gasteiger partial charge in [0.05, 0.1) is 24.1 Å². The first-order valence-electron chi connectivity index (χ1n) is 14.5. The number of hydrogen-bond acceptors (Lipinski definition) is 9. The zero-order valence-corrected chi connectivity index (χ0v) is 25.7. The molecule has 1 heterocycles. The number of carbonyl (C=O) groups is 6. The Kier molecular flexibility index (Phi) is 16.3. The smallest absolute Gasteiger partial charge is 0.243 e. The summed E-state index contributed by atoms with van der Waals surface area (Å²) in [7, 11) is 0. The summed E-state index contributed by atoms with van der Waals surface area (Å²) < 4.78 is 0. The monoisotopic (exact) mass is 620 g/mol. The fourth-order valence-corrected chi connectivity index (χ4v) is 4.20. The fraction of sp³-hybridized carbons (Fsp3) is 0.643. The maximum absolute atomic E-state index is 13.5. The molecule has 245 valence electrons. The first kappa shape index (κ1) is 37.7. The summed E-state index contributed by atoms with van der Waals surface area (Å²) in [5.41, 5.74) is 16.6. The lowest BCUT2D eigenvalue weighted by molar-refractivity contribution is -0.134. The Labute approximate surface area is 256 Å². The number of nitrogens with two attached hydrogens (primary N) is 3. The predicted molar refractivity (Wildman–Crippen MR) is 159 cm³/mol. The van der Waals surface area contributed by atoms with Crippen LogP contribution in [0.15, 0.2) is 12.5 Å². The summed E-state index contributed by atoms with van der Waals surface area (Å²) in [5, 5.41) is 10.4. The second-order valence-electron chi connectivity index (χ2n) is 11.5. The molecule has 0 bridgehead atoms. The molecule has 0 aliphatic heterocycles.